The average molecular weight is 357 g/mol. The molecule has 0 bridgehead atoms. The first kappa shape index (κ1) is 17.5. The summed E-state index contributed by atoms with van der Waals surface area (Å²) in [6, 6.07) is 8.18. The van der Waals surface area contributed by atoms with Gasteiger partial charge in [0, 0.05) is 5.69 Å². The molecule has 1 aromatic carbocycles. The van der Waals surface area contributed by atoms with E-state index >= 15 is 0 Å². The van der Waals surface area contributed by atoms with Crippen LogP contribution in [0.2, 0.25) is 0 Å². The number of hydrogen-bond acceptors (Lipinski definition) is 5. The van der Waals surface area contributed by atoms with E-state index in [0.717, 1.165) is 5.69 Å². The minimum absolute atomic E-state index is 0.0965. The third-order valence-electron chi connectivity index (χ3n) is 3.28. The summed E-state index contributed by atoms with van der Waals surface area (Å²) in [6.07, 6.45) is -0.636. The zero-order valence-electron chi connectivity index (χ0n) is 12.6. The van der Waals surface area contributed by atoms with Gasteiger partial charge in [0.25, 0.3) is 0 Å². The second-order valence-corrected chi connectivity index (χ2v) is 7.68. The molecule has 3 N–H and O–H groups in total. The van der Waals surface area contributed by atoms with Gasteiger partial charge in [0.05, 0.1) is 30.2 Å². The Morgan fingerprint density at radius 1 is 1.22 bits per heavy atom. The molecule has 1 aliphatic heterocycles. The maximum absolute atomic E-state index is 11.8. The molecule has 0 saturated carbocycles. The van der Waals surface area contributed by atoms with Crippen LogP contribution in [0, 0.1) is 0 Å². The van der Waals surface area contributed by atoms with E-state index in [9.17, 15) is 13.2 Å². The lowest BCUT2D eigenvalue weighted by molar-refractivity contribution is 0.148. The first-order chi connectivity index (χ1) is 10.9. The molecule has 1 amide bonds. The highest BCUT2D eigenvalue weighted by atomic mass is 32.2. The fourth-order valence-electron chi connectivity index (χ4n) is 2.31. The van der Waals surface area contributed by atoms with Crippen molar-refractivity contribution in [2.75, 3.05) is 23.4 Å². The van der Waals surface area contributed by atoms with Crippen molar-refractivity contribution < 1.29 is 17.9 Å². The quantitative estimate of drug-likeness (QED) is 0.689. The number of carbonyl (C=O) groups excluding carboxylic acids is 1. The van der Waals surface area contributed by atoms with Crippen molar-refractivity contribution in [3.8, 4) is 0 Å². The molecule has 0 aliphatic carbocycles. The summed E-state index contributed by atoms with van der Waals surface area (Å²) in [7, 11) is -3.24. The number of anilines is 1. The van der Waals surface area contributed by atoms with E-state index in [1.807, 2.05) is 30.3 Å². The Morgan fingerprint density at radius 2 is 1.83 bits per heavy atom. The SMILES string of the molecule is CCOC(=O)N[C@@H]1CS(=O)(=O)C[C@H]1NC(=S)Nc1ccccc1. The molecular formula is C14H19N3O4S2. The van der Waals surface area contributed by atoms with Gasteiger partial charge >= 0.3 is 6.09 Å². The van der Waals surface area contributed by atoms with Gasteiger partial charge in [-0.05, 0) is 31.3 Å². The number of para-hydroxylation sites is 1. The van der Waals surface area contributed by atoms with Crippen molar-refractivity contribution in [2.45, 2.75) is 19.0 Å². The van der Waals surface area contributed by atoms with Crippen molar-refractivity contribution in [1.29, 1.82) is 0 Å². The van der Waals surface area contributed by atoms with Gasteiger partial charge in [-0.3, -0.25) is 0 Å². The smallest absolute Gasteiger partial charge is 0.407 e. The maximum atomic E-state index is 11.8. The van der Waals surface area contributed by atoms with E-state index in [-0.39, 0.29) is 18.1 Å². The van der Waals surface area contributed by atoms with Crippen molar-refractivity contribution in [1.82, 2.24) is 10.6 Å². The Kier molecular flexibility index (Phi) is 5.78. The molecule has 2 atom stereocenters. The largest absolute Gasteiger partial charge is 0.450 e. The van der Waals surface area contributed by atoms with Crippen LogP contribution >= 0.6 is 12.2 Å². The second kappa shape index (κ2) is 7.60. The molecule has 1 aliphatic rings. The van der Waals surface area contributed by atoms with Crippen molar-refractivity contribution in [2.24, 2.45) is 0 Å². The Morgan fingerprint density at radius 3 is 2.43 bits per heavy atom. The number of benzene rings is 1. The van der Waals surface area contributed by atoms with Gasteiger partial charge in [-0.25, -0.2) is 13.2 Å². The van der Waals surface area contributed by atoms with Crippen LogP contribution in [-0.2, 0) is 14.6 Å². The van der Waals surface area contributed by atoms with Crippen LogP contribution in [0.4, 0.5) is 10.5 Å². The number of alkyl carbamates (subject to hydrolysis) is 1. The highest BCUT2D eigenvalue weighted by molar-refractivity contribution is 7.91. The van der Waals surface area contributed by atoms with E-state index in [4.69, 9.17) is 17.0 Å². The summed E-state index contributed by atoms with van der Waals surface area (Å²) in [5.74, 6) is -0.238. The lowest BCUT2D eigenvalue weighted by atomic mass is 10.2. The van der Waals surface area contributed by atoms with Crippen LogP contribution in [-0.4, -0.2) is 49.8 Å². The highest BCUT2D eigenvalue weighted by Gasteiger charge is 2.39. The highest BCUT2D eigenvalue weighted by Crippen LogP contribution is 2.14. The predicted molar refractivity (Wildman–Crippen MR) is 92.2 cm³/mol. The third-order valence-corrected chi connectivity index (χ3v) is 5.23. The zero-order chi connectivity index (χ0) is 16.9. The van der Waals surface area contributed by atoms with Gasteiger partial charge < -0.3 is 20.7 Å². The molecule has 0 spiro atoms. The normalized spacial score (nSPS) is 22.1. The summed E-state index contributed by atoms with van der Waals surface area (Å²) in [4.78, 5) is 11.5. The number of carbonyl (C=O) groups is 1. The summed E-state index contributed by atoms with van der Waals surface area (Å²) in [6.45, 7) is 1.90. The number of nitrogens with one attached hydrogen (secondary N) is 3. The minimum Gasteiger partial charge on any atom is -0.450 e. The fourth-order valence-corrected chi connectivity index (χ4v) is 4.44. The van der Waals surface area contributed by atoms with E-state index in [0.29, 0.717) is 5.11 Å². The molecule has 2 rings (SSSR count). The molecule has 1 heterocycles. The van der Waals surface area contributed by atoms with Crippen LogP contribution < -0.4 is 16.0 Å². The topological polar surface area (TPSA) is 96.5 Å². The lowest BCUT2D eigenvalue weighted by Crippen LogP contribution is -2.51. The fraction of sp³-hybridized carbons (Fsp3) is 0.429. The van der Waals surface area contributed by atoms with Crippen LogP contribution in [0.5, 0.6) is 0 Å². The first-order valence-electron chi connectivity index (χ1n) is 7.16. The number of hydrogen-bond donors (Lipinski definition) is 3. The Labute approximate surface area is 140 Å². The van der Waals surface area contributed by atoms with Crippen molar-refractivity contribution >= 4 is 38.9 Å². The van der Waals surface area contributed by atoms with Crippen molar-refractivity contribution in [3.05, 3.63) is 30.3 Å². The molecule has 1 aromatic rings. The third kappa shape index (κ3) is 5.36. The molecule has 0 aromatic heterocycles. The van der Waals surface area contributed by atoms with Gasteiger partial charge in [-0.15, -0.1) is 0 Å². The summed E-state index contributed by atoms with van der Waals surface area (Å²) in [5, 5.41) is 8.79. The van der Waals surface area contributed by atoms with Gasteiger partial charge in [-0.2, -0.15) is 0 Å². The first-order valence-corrected chi connectivity index (χ1v) is 9.39. The van der Waals surface area contributed by atoms with E-state index < -0.39 is 28.0 Å². The Bertz CT molecular complexity index is 664. The Hall–Kier alpha value is -1.87. The summed E-state index contributed by atoms with van der Waals surface area (Å²) >= 11 is 5.20. The number of thiocarbonyl (C=S) groups is 1. The molecule has 0 radical (unpaired) electrons. The van der Waals surface area contributed by atoms with Gasteiger partial charge in [0.15, 0.2) is 14.9 Å². The van der Waals surface area contributed by atoms with Crippen LogP contribution in [0.25, 0.3) is 0 Å². The van der Waals surface area contributed by atoms with E-state index in [1.165, 1.54) is 0 Å². The molecule has 23 heavy (non-hydrogen) atoms. The molecule has 126 valence electrons. The zero-order valence-corrected chi connectivity index (χ0v) is 14.2. The molecule has 1 fully saturated rings. The van der Waals surface area contributed by atoms with E-state index in [2.05, 4.69) is 16.0 Å². The van der Waals surface area contributed by atoms with Crippen molar-refractivity contribution in [3.63, 3.8) is 0 Å². The van der Waals surface area contributed by atoms with Gasteiger partial charge in [-0.1, -0.05) is 18.2 Å². The predicted octanol–water partition coefficient (Wildman–Crippen LogP) is 0.885. The standard InChI is InChI=1S/C14H19N3O4S2/c1-2-21-14(18)17-12-9-23(19,20)8-11(12)16-13(22)15-10-6-4-3-5-7-10/h3-7,11-12H,2,8-9H2,1H3,(H,17,18)(H2,15,16,22)/t11-,12-/m1/s1. The van der Waals surface area contributed by atoms with E-state index in [1.54, 1.807) is 6.92 Å². The number of amides is 1. The molecular weight excluding hydrogens is 338 g/mol. The van der Waals surface area contributed by atoms with Gasteiger partial charge in [0.1, 0.15) is 0 Å². The van der Waals surface area contributed by atoms with Crippen LogP contribution in [0.15, 0.2) is 30.3 Å². The average Bonchev–Trinajstić information content (AvgIpc) is 2.73. The van der Waals surface area contributed by atoms with Crippen LogP contribution in [0.3, 0.4) is 0 Å². The molecule has 1 saturated heterocycles. The molecule has 7 nitrogen and oxygen atoms in total. The van der Waals surface area contributed by atoms with Crippen LogP contribution in [0.1, 0.15) is 6.92 Å². The molecule has 0 unspecified atom stereocenters. The molecule has 9 heteroatoms. The monoisotopic (exact) mass is 357 g/mol. The number of sulfone groups is 1. The van der Waals surface area contributed by atoms with Gasteiger partial charge in [0.2, 0.25) is 0 Å². The lowest BCUT2D eigenvalue weighted by Gasteiger charge is -2.22. The number of ether oxygens (including phenoxy) is 1. The summed E-state index contributed by atoms with van der Waals surface area (Å²) in [5.41, 5.74) is 0.792. The Balaban J connectivity index is 1.97. The summed E-state index contributed by atoms with van der Waals surface area (Å²) < 4.78 is 28.5. The minimum atomic E-state index is -3.24. The second-order valence-electron chi connectivity index (χ2n) is 5.12. The maximum Gasteiger partial charge on any atom is 0.407 e. The number of rotatable bonds is 4.